The maximum absolute atomic E-state index is 11.7. The number of rotatable bonds is 5. The summed E-state index contributed by atoms with van der Waals surface area (Å²) in [6.45, 7) is 0. The van der Waals surface area contributed by atoms with Crippen LogP contribution in [0.1, 0.15) is 10.4 Å². The molecule has 18 heavy (non-hydrogen) atoms. The first-order valence-electron chi connectivity index (χ1n) is 4.80. The summed E-state index contributed by atoms with van der Waals surface area (Å²) in [6, 6.07) is 2.21. The van der Waals surface area contributed by atoms with Crippen LogP contribution >= 0.6 is 0 Å². The van der Waals surface area contributed by atoms with Crippen molar-refractivity contribution >= 4 is 16.0 Å². The fourth-order valence-corrected chi connectivity index (χ4v) is 2.26. The molecule has 0 heterocycles. The van der Waals surface area contributed by atoms with E-state index in [4.69, 9.17) is 14.6 Å². The number of sulfonamides is 1. The minimum Gasteiger partial charge on any atom is -0.496 e. The number of hydrogen-bond acceptors (Lipinski definition) is 5. The lowest BCUT2D eigenvalue weighted by molar-refractivity contribution is 0.0693. The SMILES string of the molecule is CNS(=O)(=O)c1cc(C(=O)O)c(OC)cc1OC. The standard InChI is InChI=1S/C10H13NO6S/c1-11-18(14,15)9-4-6(10(12)13)7(16-2)5-8(9)17-3/h4-5,11H,1-3H3,(H,12,13). The number of benzene rings is 1. The number of carbonyl (C=O) groups is 1. The highest BCUT2D eigenvalue weighted by molar-refractivity contribution is 7.89. The van der Waals surface area contributed by atoms with Crippen LogP contribution in [0.5, 0.6) is 11.5 Å². The van der Waals surface area contributed by atoms with Crippen molar-refractivity contribution in [3.63, 3.8) is 0 Å². The van der Waals surface area contributed by atoms with Crippen molar-refractivity contribution in [3.8, 4) is 11.5 Å². The van der Waals surface area contributed by atoms with E-state index in [2.05, 4.69) is 4.72 Å². The largest absolute Gasteiger partial charge is 0.496 e. The average Bonchev–Trinajstić information content (AvgIpc) is 2.36. The first kappa shape index (κ1) is 14.3. The monoisotopic (exact) mass is 275 g/mol. The molecular weight excluding hydrogens is 262 g/mol. The smallest absolute Gasteiger partial charge is 0.339 e. The molecule has 2 N–H and O–H groups in total. The lowest BCUT2D eigenvalue weighted by Gasteiger charge is -2.12. The summed E-state index contributed by atoms with van der Waals surface area (Å²) in [6.07, 6.45) is 0. The number of nitrogens with one attached hydrogen (secondary N) is 1. The summed E-state index contributed by atoms with van der Waals surface area (Å²) < 4.78 is 35.3. The molecule has 0 radical (unpaired) electrons. The highest BCUT2D eigenvalue weighted by atomic mass is 32.2. The van der Waals surface area contributed by atoms with Gasteiger partial charge in [0, 0.05) is 6.07 Å². The lowest BCUT2D eigenvalue weighted by atomic mass is 10.2. The summed E-state index contributed by atoms with van der Waals surface area (Å²) in [5.74, 6) is -1.26. The molecule has 1 rings (SSSR count). The number of methoxy groups -OCH3 is 2. The van der Waals surface area contributed by atoms with Crippen LogP contribution in [-0.4, -0.2) is 40.8 Å². The minimum absolute atomic E-state index is 0.00574. The zero-order valence-corrected chi connectivity index (χ0v) is 10.9. The lowest BCUT2D eigenvalue weighted by Crippen LogP contribution is -2.20. The fourth-order valence-electron chi connectivity index (χ4n) is 1.36. The van der Waals surface area contributed by atoms with Crippen molar-refractivity contribution < 1.29 is 27.8 Å². The van der Waals surface area contributed by atoms with Crippen LogP contribution in [0.25, 0.3) is 0 Å². The van der Waals surface area contributed by atoms with Gasteiger partial charge in [0.25, 0.3) is 0 Å². The molecular formula is C10H13NO6S. The molecule has 0 spiro atoms. The van der Waals surface area contributed by atoms with E-state index in [0.29, 0.717) is 0 Å². The van der Waals surface area contributed by atoms with Gasteiger partial charge in [-0.05, 0) is 13.1 Å². The summed E-state index contributed by atoms with van der Waals surface area (Å²) >= 11 is 0. The van der Waals surface area contributed by atoms with Crippen LogP contribution in [-0.2, 0) is 10.0 Å². The van der Waals surface area contributed by atoms with E-state index >= 15 is 0 Å². The van der Waals surface area contributed by atoms with Gasteiger partial charge < -0.3 is 14.6 Å². The van der Waals surface area contributed by atoms with Gasteiger partial charge in [-0.1, -0.05) is 0 Å². The van der Waals surface area contributed by atoms with Gasteiger partial charge in [-0.25, -0.2) is 17.9 Å². The van der Waals surface area contributed by atoms with Crippen molar-refractivity contribution in [1.82, 2.24) is 4.72 Å². The number of ether oxygens (including phenoxy) is 2. The van der Waals surface area contributed by atoms with E-state index in [1.165, 1.54) is 27.3 Å². The van der Waals surface area contributed by atoms with Gasteiger partial charge in [-0.3, -0.25) is 0 Å². The number of carboxylic acids is 1. The van der Waals surface area contributed by atoms with Gasteiger partial charge >= 0.3 is 5.97 Å². The van der Waals surface area contributed by atoms with E-state index in [1.54, 1.807) is 0 Å². The van der Waals surface area contributed by atoms with Gasteiger partial charge in [0.15, 0.2) is 0 Å². The zero-order valence-electron chi connectivity index (χ0n) is 10.1. The normalized spacial score (nSPS) is 11.1. The molecule has 8 heteroatoms. The summed E-state index contributed by atoms with van der Waals surface area (Å²) in [5.41, 5.74) is -0.257. The third-order valence-electron chi connectivity index (χ3n) is 2.27. The quantitative estimate of drug-likeness (QED) is 0.802. The third-order valence-corrected chi connectivity index (χ3v) is 3.71. The predicted octanol–water partition coefficient (Wildman–Crippen LogP) is 0.310. The Hall–Kier alpha value is -1.80. The zero-order chi connectivity index (χ0) is 13.9. The Morgan fingerprint density at radius 3 is 2.17 bits per heavy atom. The Morgan fingerprint density at radius 1 is 1.22 bits per heavy atom. The molecule has 0 saturated carbocycles. The van der Waals surface area contributed by atoms with Crippen LogP contribution in [0.3, 0.4) is 0 Å². The molecule has 0 unspecified atom stereocenters. The molecule has 0 saturated heterocycles. The van der Waals surface area contributed by atoms with Gasteiger partial charge in [0.05, 0.1) is 14.2 Å². The van der Waals surface area contributed by atoms with Crippen LogP contribution in [0.15, 0.2) is 17.0 Å². The van der Waals surface area contributed by atoms with E-state index < -0.39 is 16.0 Å². The maximum atomic E-state index is 11.7. The molecule has 0 atom stereocenters. The molecule has 1 aromatic rings. The molecule has 7 nitrogen and oxygen atoms in total. The second kappa shape index (κ2) is 5.23. The summed E-state index contributed by atoms with van der Waals surface area (Å²) in [4.78, 5) is 10.8. The second-order valence-electron chi connectivity index (χ2n) is 3.22. The van der Waals surface area contributed by atoms with Gasteiger partial charge in [0.1, 0.15) is 22.0 Å². The van der Waals surface area contributed by atoms with Gasteiger partial charge in [-0.2, -0.15) is 0 Å². The molecule has 0 amide bonds. The van der Waals surface area contributed by atoms with Crippen molar-refractivity contribution in [2.45, 2.75) is 4.90 Å². The Morgan fingerprint density at radius 2 is 1.78 bits per heavy atom. The van der Waals surface area contributed by atoms with Crippen molar-refractivity contribution in [3.05, 3.63) is 17.7 Å². The van der Waals surface area contributed by atoms with Crippen molar-refractivity contribution in [2.24, 2.45) is 0 Å². The minimum atomic E-state index is -3.82. The van der Waals surface area contributed by atoms with Crippen LogP contribution in [0.4, 0.5) is 0 Å². The molecule has 0 bridgehead atoms. The number of aromatic carboxylic acids is 1. The average molecular weight is 275 g/mol. The Balaban J connectivity index is 3.62. The van der Waals surface area contributed by atoms with Crippen molar-refractivity contribution in [1.29, 1.82) is 0 Å². The third kappa shape index (κ3) is 2.54. The molecule has 0 aliphatic rings. The van der Waals surface area contributed by atoms with Crippen LogP contribution < -0.4 is 14.2 Å². The first-order valence-corrected chi connectivity index (χ1v) is 6.28. The number of carboxylic acid groups (broad SMARTS) is 1. The predicted molar refractivity (Wildman–Crippen MR) is 62.8 cm³/mol. The van der Waals surface area contributed by atoms with E-state index in [9.17, 15) is 13.2 Å². The Bertz CT molecular complexity index is 566. The molecule has 0 aliphatic carbocycles. The molecule has 100 valence electrons. The fraction of sp³-hybridized carbons (Fsp3) is 0.300. The highest BCUT2D eigenvalue weighted by Crippen LogP contribution is 2.31. The first-order chi connectivity index (χ1) is 8.37. The topological polar surface area (TPSA) is 102 Å². The Labute approximate surface area is 104 Å². The maximum Gasteiger partial charge on any atom is 0.339 e. The van der Waals surface area contributed by atoms with Gasteiger partial charge in [-0.15, -0.1) is 0 Å². The van der Waals surface area contributed by atoms with Crippen molar-refractivity contribution in [2.75, 3.05) is 21.3 Å². The molecule has 0 fully saturated rings. The molecule has 0 aliphatic heterocycles. The number of hydrogen-bond donors (Lipinski definition) is 2. The van der Waals surface area contributed by atoms with Crippen LogP contribution in [0, 0.1) is 0 Å². The summed E-state index contributed by atoms with van der Waals surface area (Å²) in [7, 11) is -0.0273. The summed E-state index contributed by atoms with van der Waals surface area (Å²) in [5, 5.41) is 8.99. The van der Waals surface area contributed by atoms with Crippen LogP contribution in [0.2, 0.25) is 0 Å². The van der Waals surface area contributed by atoms with E-state index in [0.717, 1.165) is 6.07 Å². The highest BCUT2D eigenvalue weighted by Gasteiger charge is 2.23. The van der Waals surface area contributed by atoms with E-state index in [-0.39, 0.29) is 22.0 Å². The molecule has 0 aromatic heterocycles. The van der Waals surface area contributed by atoms with E-state index in [1.807, 2.05) is 0 Å². The van der Waals surface area contributed by atoms with Gasteiger partial charge in [0.2, 0.25) is 10.0 Å². The second-order valence-corrected chi connectivity index (χ2v) is 5.07. The Kier molecular flexibility index (Phi) is 4.15. The molecule has 1 aromatic carbocycles.